The first-order valence-electron chi connectivity index (χ1n) is 5.67. The van der Waals surface area contributed by atoms with Crippen molar-refractivity contribution in [3.05, 3.63) is 24.3 Å². The quantitative estimate of drug-likeness (QED) is 0.800. The molecule has 0 spiro atoms. The van der Waals surface area contributed by atoms with E-state index in [0.29, 0.717) is 19.0 Å². The van der Waals surface area contributed by atoms with Crippen molar-refractivity contribution in [3.8, 4) is 0 Å². The van der Waals surface area contributed by atoms with E-state index < -0.39 is 0 Å². The number of rotatable bonds is 4. The van der Waals surface area contributed by atoms with Crippen LogP contribution < -0.4 is 10.6 Å². The summed E-state index contributed by atoms with van der Waals surface area (Å²) < 4.78 is 0. The Morgan fingerprint density at radius 2 is 2.59 bits per heavy atom. The minimum Gasteiger partial charge on any atom is -0.350 e. The summed E-state index contributed by atoms with van der Waals surface area (Å²) in [6, 6.07) is 2.11. The van der Waals surface area contributed by atoms with Crippen molar-refractivity contribution < 1.29 is 4.79 Å². The van der Waals surface area contributed by atoms with Gasteiger partial charge in [0.15, 0.2) is 0 Å². The highest BCUT2D eigenvalue weighted by Crippen LogP contribution is 2.09. The Bertz CT molecular complexity index is 354. The molecule has 1 saturated heterocycles. The van der Waals surface area contributed by atoms with E-state index in [4.69, 9.17) is 0 Å². The Balaban J connectivity index is 1.70. The fraction of sp³-hybridized carbons (Fsp3) is 0.545. The molecule has 1 amide bonds. The van der Waals surface area contributed by atoms with Crippen LogP contribution in [0, 0.1) is 0 Å². The van der Waals surface area contributed by atoms with Crippen LogP contribution in [0.15, 0.2) is 18.6 Å². The van der Waals surface area contributed by atoms with Gasteiger partial charge in [-0.15, -0.1) is 0 Å². The molecule has 0 saturated carbocycles. The first kappa shape index (κ1) is 12.3. The first-order valence-corrected chi connectivity index (χ1v) is 6.83. The monoisotopic (exact) mass is 252 g/mol. The van der Waals surface area contributed by atoms with Crippen molar-refractivity contribution in [3.63, 3.8) is 0 Å². The predicted molar refractivity (Wildman–Crippen MR) is 67.6 cm³/mol. The van der Waals surface area contributed by atoms with Gasteiger partial charge in [0.1, 0.15) is 6.33 Å². The van der Waals surface area contributed by atoms with Crippen molar-refractivity contribution in [2.45, 2.75) is 19.0 Å². The van der Waals surface area contributed by atoms with Crippen molar-refractivity contribution in [2.75, 3.05) is 18.1 Å². The third kappa shape index (κ3) is 4.32. The number of nitrogens with zero attached hydrogens (tertiary/aromatic N) is 2. The molecule has 17 heavy (non-hydrogen) atoms. The Morgan fingerprint density at radius 3 is 3.29 bits per heavy atom. The minimum absolute atomic E-state index is 0.0728. The van der Waals surface area contributed by atoms with E-state index in [-0.39, 0.29) is 5.91 Å². The van der Waals surface area contributed by atoms with E-state index in [1.165, 1.54) is 6.33 Å². The summed E-state index contributed by atoms with van der Waals surface area (Å²) in [5.74, 6) is 2.23. The number of hydrogen-bond donors (Lipinski definition) is 2. The van der Waals surface area contributed by atoms with Gasteiger partial charge in [-0.05, 0) is 6.07 Å². The second kappa shape index (κ2) is 6.56. The molecule has 2 rings (SSSR count). The Kier molecular flexibility index (Phi) is 4.75. The highest BCUT2D eigenvalue weighted by molar-refractivity contribution is 7.99. The smallest absolute Gasteiger partial charge is 0.221 e. The molecule has 0 aliphatic carbocycles. The molecule has 1 aliphatic rings. The van der Waals surface area contributed by atoms with E-state index in [0.717, 1.165) is 23.7 Å². The Labute approximate surface area is 105 Å². The zero-order valence-corrected chi connectivity index (χ0v) is 10.4. The van der Waals surface area contributed by atoms with Crippen LogP contribution in [0.4, 0.5) is 0 Å². The molecule has 1 aromatic heterocycles. The molecule has 0 bridgehead atoms. The summed E-state index contributed by atoms with van der Waals surface area (Å²) >= 11 is 1.90. The van der Waals surface area contributed by atoms with Gasteiger partial charge in [-0.25, -0.2) is 9.97 Å². The SMILES string of the molecule is O=C(CC1CSCCN1)NCc1ccncn1. The molecule has 1 fully saturated rings. The molecule has 0 radical (unpaired) electrons. The van der Waals surface area contributed by atoms with Crippen LogP contribution in [0.25, 0.3) is 0 Å². The lowest BCUT2D eigenvalue weighted by molar-refractivity contribution is -0.121. The summed E-state index contributed by atoms with van der Waals surface area (Å²) in [4.78, 5) is 19.6. The maximum Gasteiger partial charge on any atom is 0.221 e. The standard InChI is InChI=1S/C11H16N4OS/c16-11(5-10-7-17-4-3-13-10)14-6-9-1-2-12-8-15-9/h1-2,8,10,13H,3-7H2,(H,14,16). The van der Waals surface area contributed by atoms with Gasteiger partial charge < -0.3 is 10.6 Å². The van der Waals surface area contributed by atoms with Gasteiger partial charge in [0.2, 0.25) is 5.91 Å². The molecule has 1 atom stereocenters. The predicted octanol–water partition coefficient (Wildman–Crippen LogP) is 0.188. The fourth-order valence-corrected chi connectivity index (χ4v) is 2.61. The number of amides is 1. The molecule has 0 aromatic carbocycles. The third-order valence-electron chi connectivity index (χ3n) is 2.54. The first-order chi connectivity index (χ1) is 8.34. The maximum absolute atomic E-state index is 11.7. The van der Waals surface area contributed by atoms with Crippen LogP contribution in [0.5, 0.6) is 0 Å². The summed E-state index contributed by atoms with van der Waals surface area (Å²) in [5.41, 5.74) is 0.833. The average Bonchev–Trinajstić information content (AvgIpc) is 2.39. The van der Waals surface area contributed by atoms with Gasteiger partial charge in [-0.1, -0.05) is 0 Å². The molecular weight excluding hydrogens is 236 g/mol. The van der Waals surface area contributed by atoms with Gasteiger partial charge in [-0.3, -0.25) is 4.79 Å². The second-order valence-corrected chi connectivity index (χ2v) is 5.06. The molecule has 2 heterocycles. The van der Waals surface area contributed by atoms with E-state index in [9.17, 15) is 4.79 Å². The van der Waals surface area contributed by atoms with Crippen molar-refractivity contribution in [1.29, 1.82) is 0 Å². The molecule has 6 heteroatoms. The van der Waals surface area contributed by atoms with Gasteiger partial charge in [0.25, 0.3) is 0 Å². The summed E-state index contributed by atoms with van der Waals surface area (Å²) in [6.07, 6.45) is 3.70. The van der Waals surface area contributed by atoms with E-state index in [1.807, 2.05) is 11.8 Å². The van der Waals surface area contributed by atoms with Crippen molar-refractivity contribution in [1.82, 2.24) is 20.6 Å². The second-order valence-electron chi connectivity index (χ2n) is 3.91. The topological polar surface area (TPSA) is 66.9 Å². The highest BCUT2D eigenvalue weighted by Gasteiger charge is 2.16. The number of aromatic nitrogens is 2. The molecule has 2 N–H and O–H groups in total. The van der Waals surface area contributed by atoms with E-state index in [2.05, 4.69) is 20.6 Å². The number of carbonyl (C=O) groups is 1. The molecule has 1 unspecified atom stereocenters. The zero-order valence-electron chi connectivity index (χ0n) is 9.56. The Morgan fingerprint density at radius 1 is 1.65 bits per heavy atom. The van der Waals surface area contributed by atoms with Crippen molar-refractivity contribution >= 4 is 17.7 Å². The maximum atomic E-state index is 11.7. The molecule has 5 nitrogen and oxygen atoms in total. The number of carbonyl (C=O) groups excluding carboxylic acids is 1. The number of nitrogens with one attached hydrogen (secondary N) is 2. The largest absolute Gasteiger partial charge is 0.350 e. The lowest BCUT2D eigenvalue weighted by Gasteiger charge is -2.22. The molecule has 92 valence electrons. The molecule has 1 aliphatic heterocycles. The summed E-state index contributed by atoms with van der Waals surface area (Å²) in [5, 5.41) is 6.21. The van der Waals surface area contributed by atoms with Gasteiger partial charge in [0.05, 0.1) is 12.2 Å². The molecule has 1 aromatic rings. The summed E-state index contributed by atoms with van der Waals surface area (Å²) in [7, 11) is 0. The van der Waals surface area contributed by atoms with Crippen LogP contribution in [-0.2, 0) is 11.3 Å². The number of hydrogen-bond acceptors (Lipinski definition) is 5. The fourth-order valence-electron chi connectivity index (χ4n) is 1.66. The van der Waals surface area contributed by atoms with Crippen LogP contribution >= 0.6 is 11.8 Å². The van der Waals surface area contributed by atoms with Crippen LogP contribution in [0.2, 0.25) is 0 Å². The lowest BCUT2D eigenvalue weighted by atomic mass is 10.2. The van der Waals surface area contributed by atoms with E-state index >= 15 is 0 Å². The van der Waals surface area contributed by atoms with Gasteiger partial charge >= 0.3 is 0 Å². The zero-order chi connectivity index (χ0) is 11.9. The normalized spacial score (nSPS) is 19.9. The van der Waals surface area contributed by atoms with Crippen LogP contribution in [0.3, 0.4) is 0 Å². The van der Waals surface area contributed by atoms with Gasteiger partial charge in [0, 0.05) is 36.7 Å². The highest BCUT2D eigenvalue weighted by atomic mass is 32.2. The third-order valence-corrected chi connectivity index (χ3v) is 3.67. The Hall–Kier alpha value is -1.14. The lowest BCUT2D eigenvalue weighted by Crippen LogP contribution is -2.41. The molecular formula is C11H16N4OS. The van der Waals surface area contributed by atoms with Crippen molar-refractivity contribution in [2.24, 2.45) is 0 Å². The van der Waals surface area contributed by atoms with Crippen LogP contribution in [-0.4, -0.2) is 40.0 Å². The number of thioether (sulfide) groups is 1. The minimum atomic E-state index is 0.0728. The van der Waals surface area contributed by atoms with Gasteiger partial charge in [-0.2, -0.15) is 11.8 Å². The average molecular weight is 252 g/mol. The van der Waals surface area contributed by atoms with Crippen LogP contribution in [0.1, 0.15) is 12.1 Å². The van der Waals surface area contributed by atoms with E-state index in [1.54, 1.807) is 12.3 Å². The summed E-state index contributed by atoms with van der Waals surface area (Å²) in [6.45, 7) is 1.47.